The number of anilines is 1. The molecule has 1 rings (SSSR count). The summed E-state index contributed by atoms with van der Waals surface area (Å²) in [6, 6.07) is 4.36. The monoisotopic (exact) mass is 528 g/mol. The second-order valence-electron chi connectivity index (χ2n) is 3.16. The average Bonchev–Trinajstić information content (AvgIpc) is 2.01. The van der Waals surface area contributed by atoms with Crippen LogP contribution in [0.4, 0.5) is 5.69 Å². The first kappa shape index (κ1) is 13.2. The van der Waals surface area contributed by atoms with Gasteiger partial charge in [-0.3, -0.25) is 4.90 Å². The fourth-order valence-electron chi connectivity index (χ4n) is 0.948. The van der Waals surface area contributed by atoms with Crippen molar-refractivity contribution in [2.45, 2.75) is 0 Å². The van der Waals surface area contributed by atoms with Gasteiger partial charge in [0.1, 0.15) is 0 Å². The van der Waals surface area contributed by atoms with Crippen LogP contribution >= 0.6 is 67.8 Å². The van der Waals surface area contributed by atoms with Crippen LogP contribution in [-0.4, -0.2) is 25.7 Å². The molecule has 1 aromatic carbocycles. The predicted molar refractivity (Wildman–Crippen MR) is 86.8 cm³/mol. The Morgan fingerprint density at radius 3 is 2.07 bits per heavy atom. The fraction of sp³-hybridized carbons (Fsp3) is 0.333. The van der Waals surface area contributed by atoms with Crippen molar-refractivity contribution in [3.63, 3.8) is 0 Å². The lowest BCUT2D eigenvalue weighted by Crippen LogP contribution is -2.21. The summed E-state index contributed by atoms with van der Waals surface area (Å²) in [5, 5.41) is 3.42. The summed E-state index contributed by atoms with van der Waals surface area (Å²) in [6.45, 7) is 0.868. The van der Waals surface area contributed by atoms with Gasteiger partial charge in [-0.2, -0.15) is 0 Å². The number of benzene rings is 1. The quantitative estimate of drug-likeness (QED) is 0.479. The van der Waals surface area contributed by atoms with Gasteiger partial charge in [-0.25, -0.2) is 0 Å². The molecule has 0 unspecified atom stereocenters. The van der Waals surface area contributed by atoms with E-state index in [1.165, 1.54) is 16.4 Å². The van der Waals surface area contributed by atoms with Gasteiger partial charge in [0, 0.05) is 10.7 Å². The van der Waals surface area contributed by atoms with Crippen LogP contribution in [0.15, 0.2) is 12.1 Å². The molecular formula is C9H11I3N2. The van der Waals surface area contributed by atoms with Crippen molar-refractivity contribution in [2.75, 3.05) is 26.1 Å². The van der Waals surface area contributed by atoms with E-state index in [9.17, 15) is 0 Å². The first-order chi connectivity index (χ1) is 6.50. The Kier molecular flexibility index (Phi) is 5.71. The molecule has 0 saturated heterocycles. The Morgan fingerprint density at radius 1 is 1.14 bits per heavy atom. The highest BCUT2D eigenvalue weighted by molar-refractivity contribution is 14.1. The van der Waals surface area contributed by atoms with Crippen molar-refractivity contribution < 1.29 is 0 Å². The molecule has 78 valence electrons. The Hall–Kier alpha value is 1.17. The molecule has 0 radical (unpaired) electrons. The molecule has 0 spiro atoms. The van der Waals surface area contributed by atoms with Gasteiger partial charge in [0.2, 0.25) is 0 Å². The SMILES string of the molecule is CN(C)CNc1c(I)cc(I)cc1I. The molecule has 0 amide bonds. The van der Waals surface area contributed by atoms with Crippen LogP contribution in [0, 0.1) is 10.7 Å². The zero-order chi connectivity index (χ0) is 10.7. The molecule has 0 fully saturated rings. The van der Waals surface area contributed by atoms with Crippen LogP contribution in [0.5, 0.6) is 0 Å². The number of halogens is 3. The highest BCUT2D eigenvalue weighted by atomic mass is 127. The Balaban J connectivity index is 2.86. The van der Waals surface area contributed by atoms with Gasteiger partial charge in [-0.15, -0.1) is 0 Å². The number of nitrogens with zero attached hydrogens (tertiary/aromatic N) is 1. The Morgan fingerprint density at radius 2 is 1.64 bits per heavy atom. The van der Waals surface area contributed by atoms with Gasteiger partial charge in [0.25, 0.3) is 0 Å². The largest absolute Gasteiger partial charge is 0.371 e. The topological polar surface area (TPSA) is 15.3 Å². The van der Waals surface area contributed by atoms with E-state index in [-0.39, 0.29) is 0 Å². The zero-order valence-corrected chi connectivity index (χ0v) is 14.4. The van der Waals surface area contributed by atoms with Crippen molar-refractivity contribution in [3.8, 4) is 0 Å². The molecule has 0 bridgehead atoms. The minimum absolute atomic E-state index is 0.868. The Bertz CT molecular complexity index is 303. The minimum Gasteiger partial charge on any atom is -0.371 e. The van der Waals surface area contributed by atoms with Crippen molar-refractivity contribution in [1.82, 2.24) is 4.90 Å². The number of nitrogens with one attached hydrogen (secondary N) is 1. The van der Waals surface area contributed by atoms with Crippen molar-refractivity contribution in [2.24, 2.45) is 0 Å². The first-order valence-electron chi connectivity index (χ1n) is 4.04. The molecule has 0 aliphatic carbocycles. The van der Waals surface area contributed by atoms with E-state index >= 15 is 0 Å². The molecule has 0 heterocycles. The summed E-state index contributed by atoms with van der Waals surface area (Å²) < 4.78 is 3.84. The Labute approximate surface area is 126 Å². The molecule has 5 heteroatoms. The summed E-state index contributed by atoms with van der Waals surface area (Å²) in [5.41, 5.74) is 1.24. The molecule has 1 aromatic rings. The van der Waals surface area contributed by atoms with Gasteiger partial charge in [-0.1, -0.05) is 0 Å². The third-order valence-corrected chi connectivity index (χ3v) is 3.90. The molecular weight excluding hydrogens is 517 g/mol. The molecule has 2 nitrogen and oxygen atoms in total. The number of hydrogen-bond acceptors (Lipinski definition) is 2. The third kappa shape index (κ3) is 3.97. The van der Waals surface area contributed by atoms with Crippen LogP contribution in [0.1, 0.15) is 0 Å². The lowest BCUT2D eigenvalue weighted by molar-refractivity contribution is 0.440. The van der Waals surface area contributed by atoms with E-state index in [2.05, 4.69) is 104 Å². The van der Waals surface area contributed by atoms with Gasteiger partial charge in [0.15, 0.2) is 0 Å². The minimum atomic E-state index is 0.868. The van der Waals surface area contributed by atoms with Crippen LogP contribution < -0.4 is 5.32 Å². The van der Waals surface area contributed by atoms with Gasteiger partial charge >= 0.3 is 0 Å². The molecule has 1 N–H and O–H groups in total. The van der Waals surface area contributed by atoms with Gasteiger partial charge in [-0.05, 0) is 94.0 Å². The smallest absolute Gasteiger partial charge is 0.0674 e. The van der Waals surface area contributed by atoms with E-state index in [1.54, 1.807) is 0 Å². The summed E-state index contributed by atoms with van der Waals surface area (Å²) in [5.74, 6) is 0. The van der Waals surface area contributed by atoms with Crippen LogP contribution in [-0.2, 0) is 0 Å². The summed E-state index contributed by atoms with van der Waals surface area (Å²) in [6.07, 6.45) is 0. The van der Waals surface area contributed by atoms with Gasteiger partial charge in [0.05, 0.1) is 12.4 Å². The summed E-state index contributed by atoms with van der Waals surface area (Å²) in [7, 11) is 4.11. The van der Waals surface area contributed by atoms with Crippen molar-refractivity contribution in [1.29, 1.82) is 0 Å². The van der Waals surface area contributed by atoms with Crippen molar-refractivity contribution >= 4 is 73.5 Å². The number of hydrogen-bond donors (Lipinski definition) is 1. The van der Waals surface area contributed by atoms with Crippen LogP contribution in [0.3, 0.4) is 0 Å². The molecule has 0 saturated carbocycles. The van der Waals surface area contributed by atoms with Gasteiger partial charge < -0.3 is 5.32 Å². The van der Waals surface area contributed by atoms with E-state index in [0.29, 0.717) is 0 Å². The molecule has 0 atom stereocenters. The summed E-state index contributed by atoms with van der Waals surface area (Å²) in [4.78, 5) is 2.12. The number of rotatable bonds is 3. The highest BCUT2D eigenvalue weighted by Crippen LogP contribution is 2.27. The summed E-state index contributed by atoms with van der Waals surface area (Å²) >= 11 is 7.08. The lowest BCUT2D eigenvalue weighted by atomic mass is 10.3. The second-order valence-corrected chi connectivity index (χ2v) is 6.73. The third-order valence-electron chi connectivity index (χ3n) is 1.58. The van der Waals surface area contributed by atoms with E-state index < -0.39 is 0 Å². The lowest BCUT2D eigenvalue weighted by Gasteiger charge is -2.15. The van der Waals surface area contributed by atoms with E-state index in [4.69, 9.17) is 0 Å². The van der Waals surface area contributed by atoms with E-state index in [0.717, 1.165) is 6.67 Å². The average molecular weight is 528 g/mol. The molecule has 14 heavy (non-hydrogen) atoms. The second kappa shape index (κ2) is 6.04. The molecule has 0 aliphatic rings. The maximum absolute atomic E-state index is 3.42. The maximum atomic E-state index is 3.42. The van der Waals surface area contributed by atoms with E-state index in [1.807, 2.05) is 0 Å². The highest BCUT2D eigenvalue weighted by Gasteiger charge is 2.05. The maximum Gasteiger partial charge on any atom is 0.0674 e. The fourth-order valence-corrected chi connectivity index (χ4v) is 4.91. The van der Waals surface area contributed by atoms with Crippen LogP contribution in [0.2, 0.25) is 0 Å². The first-order valence-corrected chi connectivity index (χ1v) is 7.27. The standard InChI is InChI=1S/C9H11I3N2/c1-14(2)5-13-9-7(11)3-6(10)4-8(9)12/h3-4,13H,5H2,1-2H3. The normalized spacial score (nSPS) is 10.7. The van der Waals surface area contributed by atoms with Crippen molar-refractivity contribution in [3.05, 3.63) is 22.8 Å². The van der Waals surface area contributed by atoms with Crippen LogP contribution in [0.25, 0.3) is 0 Å². The molecule has 0 aromatic heterocycles. The zero-order valence-electron chi connectivity index (χ0n) is 7.94. The molecule has 0 aliphatic heterocycles. The predicted octanol–water partition coefficient (Wildman–Crippen LogP) is 3.43.